The number of rotatable bonds is 7. The molecule has 0 aliphatic carbocycles. The van der Waals surface area contributed by atoms with Crippen LogP contribution in [0.5, 0.6) is 5.75 Å². The number of carbonyl (C=O) groups is 1. The lowest BCUT2D eigenvalue weighted by atomic mass is 9.96. The van der Waals surface area contributed by atoms with Crippen molar-refractivity contribution in [2.24, 2.45) is 5.92 Å². The quantitative estimate of drug-likeness (QED) is 0.807. The Hall–Kier alpha value is -2.40. The molecule has 1 aliphatic rings. The van der Waals surface area contributed by atoms with Gasteiger partial charge in [-0.15, -0.1) is 0 Å². The second kappa shape index (κ2) is 9.51. The fourth-order valence-corrected chi connectivity index (χ4v) is 3.53. The predicted octanol–water partition coefficient (Wildman–Crippen LogP) is 3.75. The maximum Gasteiger partial charge on any atom is 0.224 e. The highest BCUT2D eigenvalue weighted by molar-refractivity contribution is 5.79. The lowest BCUT2D eigenvalue weighted by molar-refractivity contribution is -0.126. The lowest BCUT2D eigenvalue weighted by Crippen LogP contribution is -2.42. The number of nitrogens with one attached hydrogen (secondary N) is 1. The van der Waals surface area contributed by atoms with Gasteiger partial charge in [-0.05, 0) is 50.1 Å². The molecule has 1 aliphatic heterocycles. The first kappa shape index (κ1) is 19.4. The van der Waals surface area contributed by atoms with Crippen molar-refractivity contribution in [2.75, 3.05) is 19.7 Å². The number of amides is 1. The van der Waals surface area contributed by atoms with Gasteiger partial charge in [0.25, 0.3) is 0 Å². The Balaban J connectivity index is 1.53. The minimum atomic E-state index is -0.220. The Morgan fingerprint density at radius 1 is 1.22 bits per heavy atom. The number of piperidine rings is 1. The molecule has 2 aromatic rings. The van der Waals surface area contributed by atoms with Gasteiger partial charge in [0, 0.05) is 25.2 Å². The minimum absolute atomic E-state index is 0.0153. The summed E-state index contributed by atoms with van der Waals surface area (Å²) >= 11 is 0. The van der Waals surface area contributed by atoms with E-state index in [9.17, 15) is 9.18 Å². The van der Waals surface area contributed by atoms with E-state index in [-0.39, 0.29) is 17.6 Å². The summed E-state index contributed by atoms with van der Waals surface area (Å²) in [6.45, 7) is 5.48. The van der Waals surface area contributed by atoms with E-state index >= 15 is 0 Å². The molecular weight excluding hydrogens is 343 g/mol. The number of carbonyl (C=O) groups excluding carboxylic acids is 1. The molecule has 0 aromatic heterocycles. The molecule has 5 heteroatoms. The van der Waals surface area contributed by atoms with Crippen LogP contribution in [-0.4, -0.2) is 30.5 Å². The predicted molar refractivity (Wildman–Crippen MR) is 104 cm³/mol. The molecule has 1 saturated heterocycles. The van der Waals surface area contributed by atoms with Crippen LogP contribution in [0.15, 0.2) is 48.5 Å². The highest BCUT2D eigenvalue weighted by Crippen LogP contribution is 2.21. The molecule has 1 atom stereocenters. The largest absolute Gasteiger partial charge is 0.494 e. The number of nitrogens with zero attached hydrogens (tertiary/aromatic N) is 1. The van der Waals surface area contributed by atoms with Crippen molar-refractivity contribution in [3.05, 3.63) is 65.5 Å². The molecule has 0 spiro atoms. The SMILES string of the molecule is CCOc1ccccc1CNC(=O)[C@@H]1CCCN(Cc2ccc(F)cc2)C1. The number of likely N-dealkylation sites (tertiary alicyclic amines) is 1. The summed E-state index contributed by atoms with van der Waals surface area (Å²) in [6.07, 6.45) is 1.90. The maximum absolute atomic E-state index is 13.1. The summed E-state index contributed by atoms with van der Waals surface area (Å²) in [5.74, 6) is 0.674. The second-order valence-corrected chi connectivity index (χ2v) is 6.96. The summed E-state index contributed by atoms with van der Waals surface area (Å²) in [5.41, 5.74) is 2.06. The lowest BCUT2D eigenvalue weighted by Gasteiger charge is -2.32. The molecule has 4 nitrogen and oxygen atoms in total. The van der Waals surface area contributed by atoms with Gasteiger partial charge >= 0.3 is 0 Å². The van der Waals surface area contributed by atoms with Crippen molar-refractivity contribution < 1.29 is 13.9 Å². The fourth-order valence-electron chi connectivity index (χ4n) is 3.53. The van der Waals surface area contributed by atoms with E-state index in [1.165, 1.54) is 12.1 Å². The minimum Gasteiger partial charge on any atom is -0.494 e. The molecule has 144 valence electrons. The van der Waals surface area contributed by atoms with Crippen molar-refractivity contribution in [1.82, 2.24) is 10.2 Å². The molecule has 1 N–H and O–H groups in total. The third-order valence-corrected chi connectivity index (χ3v) is 4.92. The third-order valence-electron chi connectivity index (χ3n) is 4.92. The van der Waals surface area contributed by atoms with E-state index in [2.05, 4.69) is 10.2 Å². The summed E-state index contributed by atoms with van der Waals surface area (Å²) in [6, 6.07) is 14.4. The van der Waals surface area contributed by atoms with E-state index < -0.39 is 0 Å². The first-order valence-electron chi connectivity index (χ1n) is 9.61. The highest BCUT2D eigenvalue weighted by Gasteiger charge is 2.25. The number of benzene rings is 2. The van der Waals surface area contributed by atoms with Crippen LogP contribution in [0.3, 0.4) is 0 Å². The van der Waals surface area contributed by atoms with Crippen LogP contribution in [0.2, 0.25) is 0 Å². The van der Waals surface area contributed by atoms with Crippen LogP contribution in [0.1, 0.15) is 30.9 Å². The summed E-state index contributed by atoms with van der Waals surface area (Å²) in [7, 11) is 0. The van der Waals surface area contributed by atoms with Crippen LogP contribution in [0.25, 0.3) is 0 Å². The third kappa shape index (κ3) is 5.54. The molecule has 0 unspecified atom stereocenters. The first-order chi connectivity index (χ1) is 13.2. The van der Waals surface area contributed by atoms with Gasteiger partial charge in [-0.25, -0.2) is 4.39 Å². The number of hydrogen-bond acceptors (Lipinski definition) is 3. The highest BCUT2D eigenvalue weighted by atomic mass is 19.1. The Morgan fingerprint density at radius 2 is 2.00 bits per heavy atom. The fraction of sp³-hybridized carbons (Fsp3) is 0.409. The van der Waals surface area contributed by atoms with Crippen molar-refractivity contribution in [3.63, 3.8) is 0 Å². The molecule has 1 amide bonds. The van der Waals surface area contributed by atoms with E-state index in [0.29, 0.717) is 13.2 Å². The first-order valence-corrected chi connectivity index (χ1v) is 9.61. The van der Waals surface area contributed by atoms with Crippen LogP contribution in [-0.2, 0) is 17.9 Å². The van der Waals surface area contributed by atoms with Gasteiger partial charge in [0.15, 0.2) is 0 Å². The van der Waals surface area contributed by atoms with Gasteiger partial charge in [0.2, 0.25) is 5.91 Å². The van der Waals surface area contributed by atoms with Gasteiger partial charge in [-0.2, -0.15) is 0 Å². The zero-order valence-corrected chi connectivity index (χ0v) is 15.8. The van der Waals surface area contributed by atoms with Crippen molar-refractivity contribution in [1.29, 1.82) is 0 Å². The molecule has 0 bridgehead atoms. The summed E-state index contributed by atoms with van der Waals surface area (Å²) in [5, 5.41) is 3.06. The molecule has 2 aromatic carbocycles. The standard InChI is InChI=1S/C22H27FN2O2/c1-2-27-21-8-4-3-6-18(21)14-24-22(26)19-7-5-13-25(16-19)15-17-9-11-20(23)12-10-17/h3-4,6,8-12,19H,2,5,7,13-16H2,1H3,(H,24,26)/t19-/m1/s1. The Morgan fingerprint density at radius 3 is 2.78 bits per heavy atom. The Labute approximate surface area is 160 Å². The van der Waals surface area contributed by atoms with Crippen LogP contribution in [0.4, 0.5) is 4.39 Å². The van der Waals surface area contributed by atoms with Gasteiger partial charge in [0.1, 0.15) is 11.6 Å². The van der Waals surface area contributed by atoms with Gasteiger partial charge in [0.05, 0.1) is 12.5 Å². The summed E-state index contributed by atoms with van der Waals surface area (Å²) in [4.78, 5) is 14.9. The van der Waals surface area contributed by atoms with Crippen molar-refractivity contribution in [3.8, 4) is 5.75 Å². The maximum atomic E-state index is 13.1. The number of halogens is 1. The Kier molecular flexibility index (Phi) is 6.82. The van der Waals surface area contributed by atoms with Crippen LogP contribution >= 0.6 is 0 Å². The molecular formula is C22H27FN2O2. The van der Waals surface area contributed by atoms with E-state index in [1.54, 1.807) is 0 Å². The van der Waals surface area contributed by atoms with Crippen molar-refractivity contribution >= 4 is 5.91 Å². The number of ether oxygens (including phenoxy) is 1. The monoisotopic (exact) mass is 370 g/mol. The topological polar surface area (TPSA) is 41.6 Å². The van der Waals surface area contributed by atoms with Crippen LogP contribution in [0, 0.1) is 11.7 Å². The number of para-hydroxylation sites is 1. The average Bonchev–Trinajstić information content (AvgIpc) is 2.69. The number of hydrogen-bond donors (Lipinski definition) is 1. The second-order valence-electron chi connectivity index (χ2n) is 6.96. The van der Waals surface area contributed by atoms with E-state index in [4.69, 9.17) is 4.74 Å². The zero-order valence-electron chi connectivity index (χ0n) is 15.8. The molecule has 1 heterocycles. The molecule has 1 fully saturated rings. The van der Waals surface area contributed by atoms with Crippen molar-refractivity contribution in [2.45, 2.75) is 32.9 Å². The Bertz CT molecular complexity index is 748. The van der Waals surface area contributed by atoms with Crippen LogP contribution < -0.4 is 10.1 Å². The van der Waals surface area contributed by atoms with E-state index in [1.807, 2.05) is 43.3 Å². The smallest absolute Gasteiger partial charge is 0.224 e. The van der Waals surface area contributed by atoms with Gasteiger partial charge in [-0.1, -0.05) is 30.3 Å². The average molecular weight is 370 g/mol. The molecule has 3 rings (SSSR count). The normalized spacial score (nSPS) is 17.5. The molecule has 0 saturated carbocycles. The van der Waals surface area contributed by atoms with E-state index in [0.717, 1.165) is 49.4 Å². The van der Waals surface area contributed by atoms with Gasteiger partial charge in [-0.3, -0.25) is 9.69 Å². The van der Waals surface area contributed by atoms with Gasteiger partial charge < -0.3 is 10.1 Å². The zero-order chi connectivity index (χ0) is 19.1. The summed E-state index contributed by atoms with van der Waals surface area (Å²) < 4.78 is 18.7. The molecule has 0 radical (unpaired) electrons. The molecule has 27 heavy (non-hydrogen) atoms.